The van der Waals surface area contributed by atoms with E-state index in [9.17, 15) is 13.2 Å². The second-order valence-electron chi connectivity index (χ2n) is 9.88. The summed E-state index contributed by atoms with van der Waals surface area (Å²) in [7, 11) is 0. The molecule has 2 nitrogen and oxygen atoms in total. The lowest BCUT2D eigenvalue weighted by Gasteiger charge is -2.17. The van der Waals surface area contributed by atoms with E-state index < -0.39 is 11.7 Å². The summed E-state index contributed by atoms with van der Waals surface area (Å²) in [4.78, 5) is 3.48. The lowest BCUT2D eigenvalue weighted by Crippen LogP contribution is -2.07. The monoisotopic (exact) mass is 492 g/mol. The van der Waals surface area contributed by atoms with Gasteiger partial charge in [0.15, 0.2) is 0 Å². The van der Waals surface area contributed by atoms with Gasteiger partial charge in [0, 0.05) is 38.6 Å². The standard InChI is InChI=1S/C32H23F3N2/c1-19-6-4-11-30-31(19)26-17-21(20-12-14-28-25(16-20)24-9-2-3-10-27(24)36-28)13-15-29(26)37(30)23-8-5-7-22(18-23)32(33,34)35/h2-5,7-19,36H,6H2,1H3. The van der Waals surface area contributed by atoms with Crippen molar-refractivity contribution in [3.05, 3.63) is 108 Å². The van der Waals surface area contributed by atoms with Gasteiger partial charge in [0.05, 0.1) is 11.1 Å². The fourth-order valence-corrected chi connectivity index (χ4v) is 5.83. The molecule has 1 N–H and O–H groups in total. The third-order valence-electron chi connectivity index (χ3n) is 7.57. The Kier molecular flexibility index (Phi) is 4.68. The molecule has 0 radical (unpaired) electrons. The number of fused-ring (bicyclic) bond motifs is 6. The summed E-state index contributed by atoms with van der Waals surface area (Å²) in [6, 6.07) is 26.7. The first-order chi connectivity index (χ1) is 17.9. The van der Waals surface area contributed by atoms with Crippen molar-refractivity contribution in [2.45, 2.75) is 25.4 Å². The van der Waals surface area contributed by atoms with Gasteiger partial charge in [-0.05, 0) is 83.6 Å². The first-order valence-electron chi connectivity index (χ1n) is 12.4. The Morgan fingerprint density at radius 2 is 1.54 bits per heavy atom. The van der Waals surface area contributed by atoms with Crippen molar-refractivity contribution in [1.82, 2.24) is 9.55 Å². The van der Waals surface area contributed by atoms with E-state index >= 15 is 0 Å². The number of H-pyrrole nitrogens is 1. The Hall–Kier alpha value is -4.25. The minimum absolute atomic E-state index is 0.265. The van der Waals surface area contributed by atoms with E-state index in [4.69, 9.17) is 0 Å². The zero-order valence-electron chi connectivity index (χ0n) is 20.1. The number of aromatic amines is 1. The molecule has 0 bridgehead atoms. The van der Waals surface area contributed by atoms with Gasteiger partial charge < -0.3 is 9.55 Å². The number of aromatic nitrogens is 2. The van der Waals surface area contributed by atoms with Crippen molar-refractivity contribution < 1.29 is 13.2 Å². The van der Waals surface area contributed by atoms with Crippen LogP contribution in [-0.4, -0.2) is 9.55 Å². The highest BCUT2D eigenvalue weighted by molar-refractivity contribution is 6.08. The minimum atomic E-state index is -4.39. The van der Waals surface area contributed by atoms with E-state index in [1.165, 1.54) is 28.5 Å². The van der Waals surface area contributed by atoms with Crippen LogP contribution in [-0.2, 0) is 6.18 Å². The molecule has 0 saturated carbocycles. The number of alkyl halides is 3. The molecule has 7 rings (SSSR count). The van der Waals surface area contributed by atoms with Crippen LogP contribution < -0.4 is 0 Å². The smallest absolute Gasteiger partial charge is 0.355 e. The van der Waals surface area contributed by atoms with Gasteiger partial charge in [0.2, 0.25) is 0 Å². The second kappa shape index (κ2) is 7.87. The summed E-state index contributed by atoms with van der Waals surface area (Å²) in [5.41, 5.74) is 7.34. The van der Waals surface area contributed by atoms with Crippen molar-refractivity contribution in [3.63, 3.8) is 0 Å². The molecular formula is C32H23F3N2. The lowest BCUT2D eigenvalue weighted by molar-refractivity contribution is -0.137. The van der Waals surface area contributed by atoms with E-state index in [0.29, 0.717) is 5.69 Å². The molecule has 0 spiro atoms. The van der Waals surface area contributed by atoms with E-state index in [1.807, 2.05) is 28.8 Å². The van der Waals surface area contributed by atoms with Gasteiger partial charge in [0.25, 0.3) is 0 Å². The van der Waals surface area contributed by atoms with E-state index in [2.05, 4.69) is 60.4 Å². The highest BCUT2D eigenvalue weighted by Crippen LogP contribution is 2.42. The molecule has 182 valence electrons. The molecule has 2 heterocycles. The van der Waals surface area contributed by atoms with Gasteiger partial charge in [-0.2, -0.15) is 13.2 Å². The van der Waals surface area contributed by atoms with Crippen LogP contribution in [0.5, 0.6) is 0 Å². The van der Waals surface area contributed by atoms with Crippen LogP contribution in [0, 0.1) is 0 Å². The molecule has 2 aromatic heterocycles. The topological polar surface area (TPSA) is 20.7 Å². The molecule has 1 aliphatic carbocycles. The van der Waals surface area contributed by atoms with Gasteiger partial charge in [0.1, 0.15) is 0 Å². The predicted octanol–water partition coefficient (Wildman–Crippen LogP) is 9.47. The number of nitrogens with one attached hydrogen (secondary N) is 1. The Bertz CT molecular complexity index is 1870. The number of benzene rings is 4. The Balaban J connectivity index is 1.45. The maximum Gasteiger partial charge on any atom is 0.416 e. The summed E-state index contributed by atoms with van der Waals surface area (Å²) in [5.74, 6) is 0.265. The normalized spacial score (nSPS) is 15.6. The average Bonchev–Trinajstić information content (AvgIpc) is 3.44. The molecule has 0 fully saturated rings. The van der Waals surface area contributed by atoms with E-state index in [1.54, 1.807) is 6.07 Å². The van der Waals surface area contributed by atoms with Gasteiger partial charge in [-0.1, -0.05) is 49.4 Å². The summed E-state index contributed by atoms with van der Waals surface area (Å²) in [6.45, 7) is 2.18. The molecule has 0 aliphatic heterocycles. The maximum atomic E-state index is 13.5. The minimum Gasteiger partial charge on any atom is -0.355 e. The predicted molar refractivity (Wildman–Crippen MR) is 145 cm³/mol. The largest absolute Gasteiger partial charge is 0.416 e. The van der Waals surface area contributed by atoms with Crippen LogP contribution in [0.1, 0.15) is 36.1 Å². The molecule has 1 atom stereocenters. The maximum absolute atomic E-state index is 13.5. The van der Waals surface area contributed by atoms with Crippen LogP contribution in [0.3, 0.4) is 0 Å². The van der Waals surface area contributed by atoms with E-state index in [-0.39, 0.29) is 5.92 Å². The number of allylic oxidation sites excluding steroid dienone is 1. The molecule has 5 heteroatoms. The first kappa shape index (κ1) is 22.0. The van der Waals surface area contributed by atoms with Crippen LogP contribution in [0.15, 0.2) is 91.0 Å². The summed E-state index contributed by atoms with van der Waals surface area (Å²) >= 11 is 0. The Labute approximate surface area is 211 Å². The third-order valence-corrected chi connectivity index (χ3v) is 7.57. The van der Waals surface area contributed by atoms with Crippen LogP contribution in [0.25, 0.3) is 55.6 Å². The molecule has 0 saturated heterocycles. The third kappa shape index (κ3) is 3.41. The molecule has 4 aromatic carbocycles. The van der Waals surface area contributed by atoms with Crippen molar-refractivity contribution >= 4 is 38.8 Å². The fraction of sp³-hybridized carbons (Fsp3) is 0.125. The second-order valence-corrected chi connectivity index (χ2v) is 9.88. The number of hydrogen-bond acceptors (Lipinski definition) is 0. The first-order valence-corrected chi connectivity index (χ1v) is 12.4. The number of rotatable bonds is 2. The zero-order chi connectivity index (χ0) is 25.3. The average molecular weight is 493 g/mol. The Morgan fingerprint density at radius 1 is 0.784 bits per heavy atom. The lowest BCUT2D eigenvalue weighted by atomic mass is 9.90. The molecule has 37 heavy (non-hydrogen) atoms. The molecule has 0 amide bonds. The van der Waals surface area contributed by atoms with Crippen molar-refractivity contribution in [2.75, 3.05) is 0 Å². The molecule has 1 unspecified atom stereocenters. The van der Waals surface area contributed by atoms with Crippen molar-refractivity contribution in [3.8, 4) is 16.8 Å². The van der Waals surface area contributed by atoms with Crippen LogP contribution in [0.4, 0.5) is 13.2 Å². The van der Waals surface area contributed by atoms with Crippen LogP contribution >= 0.6 is 0 Å². The Morgan fingerprint density at radius 3 is 2.38 bits per heavy atom. The van der Waals surface area contributed by atoms with Crippen LogP contribution in [0.2, 0.25) is 0 Å². The SMILES string of the molecule is CC1CC=Cc2c1c1cc(-c3ccc4[nH]c5ccccc5c4c3)ccc1n2-c1cccc(C(F)(F)F)c1. The summed E-state index contributed by atoms with van der Waals surface area (Å²) in [6.07, 6.45) is 0.672. The van der Waals surface area contributed by atoms with E-state index in [0.717, 1.165) is 51.2 Å². The quantitative estimate of drug-likeness (QED) is 0.248. The number of para-hydroxylation sites is 1. The number of halogens is 3. The molecule has 6 aromatic rings. The van der Waals surface area contributed by atoms with Gasteiger partial charge in [-0.15, -0.1) is 0 Å². The molecular weight excluding hydrogens is 469 g/mol. The number of hydrogen-bond donors (Lipinski definition) is 1. The zero-order valence-corrected chi connectivity index (χ0v) is 20.1. The fourth-order valence-electron chi connectivity index (χ4n) is 5.83. The molecule has 1 aliphatic rings. The number of nitrogens with zero attached hydrogens (tertiary/aromatic N) is 1. The highest BCUT2D eigenvalue weighted by Gasteiger charge is 2.31. The summed E-state index contributed by atoms with van der Waals surface area (Å²) < 4.78 is 42.5. The van der Waals surface area contributed by atoms with Crippen molar-refractivity contribution in [2.24, 2.45) is 0 Å². The van der Waals surface area contributed by atoms with Gasteiger partial charge in [-0.3, -0.25) is 0 Å². The highest BCUT2D eigenvalue weighted by atomic mass is 19.4. The summed E-state index contributed by atoms with van der Waals surface area (Å²) in [5, 5.41) is 3.45. The van der Waals surface area contributed by atoms with Crippen molar-refractivity contribution in [1.29, 1.82) is 0 Å². The van der Waals surface area contributed by atoms with Gasteiger partial charge in [-0.25, -0.2) is 0 Å². The van der Waals surface area contributed by atoms with Gasteiger partial charge >= 0.3 is 6.18 Å².